The number of rotatable bonds is 4. The highest BCUT2D eigenvalue weighted by Crippen LogP contribution is 2.02. The van der Waals surface area contributed by atoms with Gasteiger partial charge in [0.25, 0.3) is 5.91 Å². The molecule has 2 rings (SSSR count). The largest absolute Gasteiger partial charge is 0.478 e. The Balaban J connectivity index is 2.00. The maximum atomic E-state index is 11.5. The zero-order chi connectivity index (χ0) is 13.0. The van der Waals surface area contributed by atoms with E-state index in [-0.39, 0.29) is 23.7 Å². The van der Waals surface area contributed by atoms with Crippen LogP contribution in [0.1, 0.15) is 26.5 Å². The summed E-state index contributed by atoms with van der Waals surface area (Å²) in [7, 11) is 0. The van der Waals surface area contributed by atoms with Gasteiger partial charge in [0, 0.05) is 11.6 Å². The van der Waals surface area contributed by atoms with Crippen molar-refractivity contribution in [3.8, 4) is 0 Å². The molecular weight excluding hydrogens is 256 g/mol. The molecule has 0 aromatic carbocycles. The fourth-order valence-electron chi connectivity index (χ4n) is 1.23. The number of carbonyl (C=O) groups excluding carboxylic acids is 1. The Morgan fingerprint density at radius 1 is 1.44 bits per heavy atom. The molecule has 1 amide bonds. The molecule has 0 fully saturated rings. The number of aromatic nitrogens is 3. The predicted octanol–water partition coefficient (Wildman–Crippen LogP) is 0.561. The van der Waals surface area contributed by atoms with Gasteiger partial charge < -0.3 is 10.4 Å². The van der Waals surface area contributed by atoms with E-state index in [0.29, 0.717) is 5.69 Å². The maximum absolute atomic E-state index is 11.5. The van der Waals surface area contributed by atoms with Crippen LogP contribution in [0.4, 0.5) is 0 Å². The number of hydrogen-bond donors (Lipinski definition) is 2. The molecule has 0 aliphatic carbocycles. The molecule has 8 heteroatoms. The summed E-state index contributed by atoms with van der Waals surface area (Å²) < 4.78 is 3.57. The lowest BCUT2D eigenvalue weighted by molar-refractivity contribution is 0.0696. The molecule has 2 heterocycles. The SMILES string of the molecule is O=C(O)c1ccnc(CNC(=O)c2csnn2)c1. The lowest BCUT2D eigenvalue weighted by Gasteiger charge is -2.03. The highest BCUT2D eigenvalue weighted by Gasteiger charge is 2.09. The second-order valence-electron chi connectivity index (χ2n) is 3.31. The first kappa shape index (κ1) is 12.1. The standard InChI is InChI=1S/C10H8N4O3S/c15-9(8-5-18-14-13-8)12-4-7-3-6(10(16)17)1-2-11-7/h1-3,5H,4H2,(H,12,15)(H,16,17). The molecule has 0 spiro atoms. The average Bonchev–Trinajstić information content (AvgIpc) is 2.90. The van der Waals surface area contributed by atoms with Crippen molar-refractivity contribution in [2.45, 2.75) is 6.54 Å². The molecule has 2 aromatic heterocycles. The minimum absolute atomic E-state index is 0.129. The van der Waals surface area contributed by atoms with Crippen molar-refractivity contribution in [1.82, 2.24) is 19.9 Å². The molecule has 0 aliphatic rings. The molecule has 18 heavy (non-hydrogen) atoms. The predicted molar refractivity (Wildman–Crippen MR) is 62.3 cm³/mol. The van der Waals surface area contributed by atoms with E-state index in [9.17, 15) is 9.59 Å². The molecule has 0 aliphatic heterocycles. The molecule has 7 nitrogen and oxygen atoms in total. The Labute approximate surface area is 106 Å². The van der Waals surface area contributed by atoms with Gasteiger partial charge in [-0.1, -0.05) is 4.49 Å². The zero-order valence-electron chi connectivity index (χ0n) is 9.03. The van der Waals surface area contributed by atoms with Crippen LogP contribution in [-0.4, -0.2) is 31.6 Å². The van der Waals surface area contributed by atoms with E-state index < -0.39 is 5.97 Å². The summed E-state index contributed by atoms with van der Waals surface area (Å²) in [5.41, 5.74) is 0.824. The molecule has 0 unspecified atom stereocenters. The molecule has 0 saturated carbocycles. The lowest BCUT2D eigenvalue weighted by Crippen LogP contribution is -2.23. The summed E-state index contributed by atoms with van der Waals surface area (Å²) in [6.07, 6.45) is 1.38. The molecule has 2 aromatic rings. The van der Waals surface area contributed by atoms with Crippen LogP contribution in [0.2, 0.25) is 0 Å². The molecule has 0 atom stereocenters. The summed E-state index contributed by atoms with van der Waals surface area (Å²) in [6, 6.07) is 2.79. The number of carboxylic acids is 1. The first-order chi connectivity index (χ1) is 8.66. The van der Waals surface area contributed by atoms with Gasteiger partial charge in [-0.05, 0) is 23.7 Å². The van der Waals surface area contributed by atoms with Gasteiger partial charge in [-0.2, -0.15) is 0 Å². The Bertz CT molecular complexity index is 570. The first-order valence-corrected chi connectivity index (χ1v) is 5.74. The van der Waals surface area contributed by atoms with Crippen molar-refractivity contribution >= 4 is 23.4 Å². The fourth-order valence-corrected chi connectivity index (χ4v) is 1.67. The van der Waals surface area contributed by atoms with E-state index in [1.165, 1.54) is 23.7 Å². The van der Waals surface area contributed by atoms with Crippen molar-refractivity contribution < 1.29 is 14.7 Å². The number of hydrogen-bond acceptors (Lipinski definition) is 6. The average molecular weight is 264 g/mol. The molecule has 92 valence electrons. The van der Waals surface area contributed by atoms with E-state index >= 15 is 0 Å². The fraction of sp³-hybridized carbons (Fsp3) is 0.100. The van der Waals surface area contributed by atoms with Gasteiger partial charge in [-0.15, -0.1) is 5.10 Å². The van der Waals surface area contributed by atoms with Gasteiger partial charge in [-0.3, -0.25) is 9.78 Å². The van der Waals surface area contributed by atoms with Crippen LogP contribution >= 0.6 is 11.5 Å². The van der Waals surface area contributed by atoms with E-state index in [1.54, 1.807) is 0 Å². The number of carbonyl (C=O) groups is 2. The molecule has 0 bridgehead atoms. The third-order valence-corrected chi connectivity index (χ3v) is 2.59. The Kier molecular flexibility index (Phi) is 3.58. The van der Waals surface area contributed by atoms with Crippen LogP contribution in [0.25, 0.3) is 0 Å². The second kappa shape index (κ2) is 5.32. The minimum Gasteiger partial charge on any atom is -0.478 e. The number of nitrogens with zero attached hydrogens (tertiary/aromatic N) is 3. The molecular formula is C10H8N4O3S. The van der Waals surface area contributed by atoms with Crippen LogP contribution in [0.15, 0.2) is 23.7 Å². The van der Waals surface area contributed by atoms with E-state index in [2.05, 4.69) is 19.9 Å². The number of aromatic carboxylic acids is 1. The Morgan fingerprint density at radius 2 is 2.28 bits per heavy atom. The minimum atomic E-state index is -1.03. The van der Waals surface area contributed by atoms with Crippen molar-refractivity contribution in [2.24, 2.45) is 0 Å². The number of pyridine rings is 1. The number of carboxylic acid groups (broad SMARTS) is 1. The monoisotopic (exact) mass is 264 g/mol. The Hall–Kier alpha value is -2.35. The van der Waals surface area contributed by atoms with Crippen molar-refractivity contribution in [3.63, 3.8) is 0 Å². The first-order valence-electron chi connectivity index (χ1n) is 4.90. The molecule has 0 radical (unpaired) electrons. The van der Waals surface area contributed by atoms with Crippen LogP contribution in [-0.2, 0) is 6.54 Å². The zero-order valence-corrected chi connectivity index (χ0v) is 9.85. The third kappa shape index (κ3) is 2.86. The van der Waals surface area contributed by atoms with Crippen LogP contribution < -0.4 is 5.32 Å². The topological polar surface area (TPSA) is 105 Å². The van der Waals surface area contributed by atoms with Gasteiger partial charge in [0.2, 0.25) is 0 Å². The van der Waals surface area contributed by atoms with Gasteiger partial charge in [-0.25, -0.2) is 4.79 Å². The summed E-state index contributed by atoms with van der Waals surface area (Å²) >= 11 is 1.08. The second-order valence-corrected chi connectivity index (χ2v) is 3.92. The van der Waals surface area contributed by atoms with Crippen LogP contribution in [0, 0.1) is 0 Å². The van der Waals surface area contributed by atoms with Gasteiger partial charge >= 0.3 is 5.97 Å². The van der Waals surface area contributed by atoms with Gasteiger partial charge in [0.1, 0.15) is 0 Å². The highest BCUT2D eigenvalue weighted by molar-refractivity contribution is 7.03. The molecule has 0 saturated heterocycles. The lowest BCUT2D eigenvalue weighted by atomic mass is 10.2. The summed E-state index contributed by atoms with van der Waals surface area (Å²) in [5, 5.41) is 16.5. The smallest absolute Gasteiger partial charge is 0.335 e. The summed E-state index contributed by atoms with van der Waals surface area (Å²) in [6.45, 7) is 0.136. The maximum Gasteiger partial charge on any atom is 0.335 e. The quantitative estimate of drug-likeness (QED) is 0.836. The molecule has 2 N–H and O–H groups in total. The Morgan fingerprint density at radius 3 is 2.94 bits per heavy atom. The van der Waals surface area contributed by atoms with Gasteiger partial charge in [0.05, 0.1) is 17.8 Å². The van der Waals surface area contributed by atoms with Crippen LogP contribution in [0.3, 0.4) is 0 Å². The summed E-state index contributed by atoms with van der Waals surface area (Å²) in [5.74, 6) is -1.40. The van der Waals surface area contributed by atoms with Crippen molar-refractivity contribution in [2.75, 3.05) is 0 Å². The van der Waals surface area contributed by atoms with E-state index in [1.807, 2.05) is 0 Å². The number of nitrogens with one attached hydrogen (secondary N) is 1. The third-order valence-electron chi connectivity index (χ3n) is 2.09. The van der Waals surface area contributed by atoms with Crippen molar-refractivity contribution in [1.29, 1.82) is 0 Å². The van der Waals surface area contributed by atoms with Gasteiger partial charge in [0.15, 0.2) is 5.69 Å². The van der Waals surface area contributed by atoms with E-state index in [4.69, 9.17) is 5.11 Å². The highest BCUT2D eigenvalue weighted by atomic mass is 32.1. The van der Waals surface area contributed by atoms with E-state index in [0.717, 1.165) is 11.5 Å². The number of amides is 1. The normalized spacial score (nSPS) is 10.0. The summed E-state index contributed by atoms with van der Waals surface area (Å²) in [4.78, 5) is 26.3. The van der Waals surface area contributed by atoms with Crippen molar-refractivity contribution in [3.05, 3.63) is 40.7 Å². The van der Waals surface area contributed by atoms with Crippen LogP contribution in [0.5, 0.6) is 0 Å².